The van der Waals surface area contributed by atoms with Gasteiger partial charge in [0, 0.05) is 38.2 Å². The minimum absolute atomic E-state index is 0.000646. The summed E-state index contributed by atoms with van der Waals surface area (Å²) < 4.78 is 1.82. The van der Waals surface area contributed by atoms with E-state index in [1.54, 1.807) is 12.1 Å². The molecule has 5 rings (SSSR count). The van der Waals surface area contributed by atoms with Gasteiger partial charge in [0.15, 0.2) is 0 Å². The number of likely N-dealkylation sites (N-methyl/N-ethyl adjacent to an activating group) is 1. The van der Waals surface area contributed by atoms with Gasteiger partial charge in [0.1, 0.15) is 5.82 Å². The Hall–Kier alpha value is -2.99. The Balaban J connectivity index is 1.52. The first-order valence-electron chi connectivity index (χ1n) is 11.2. The van der Waals surface area contributed by atoms with Crippen LogP contribution in [0.4, 0.5) is 0 Å². The molecule has 0 saturated carbocycles. The second-order valence-electron chi connectivity index (χ2n) is 8.71. The maximum Gasteiger partial charge on any atom is 0.261 e. The lowest BCUT2D eigenvalue weighted by Crippen LogP contribution is -2.49. The number of aryl methyl sites for hydroxylation is 1. The van der Waals surface area contributed by atoms with Crippen LogP contribution in [0.5, 0.6) is 0 Å². The standard InChI is InChI=1S/C25H28N4O2/c1-27-14-15-28(22(17-27)18-8-4-2-5-9-18)24(30)19-11-12-20-21(16-19)26-23-10-6-3-7-13-29(23)25(20)31/h2,4-5,8-9,11-12,16,22H,3,6-7,10,13-15,17H2,1H3. The Labute approximate surface area is 182 Å². The van der Waals surface area contributed by atoms with Crippen LogP contribution >= 0.6 is 0 Å². The zero-order valence-electron chi connectivity index (χ0n) is 18.0. The van der Waals surface area contributed by atoms with Gasteiger partial charge in [0.05, 0.1) is 16.9 Å². The zero-order chi connectivity index (χ0) is 21.4. The minimum Gasteiger partial charge on any atom is -0.329 e. The van der Waals surface area contributed by atoms with E-state index in [1.165, 1.54) is 0 Å². The predicted molar refractivity (Wildman–Crippen MR) is 121 cm³/mol. The minimum atomic E-state index is 0.000646. The molecule has 0 N–H and O–H groups in total. The van der Waals surface area contributed by atoms with Gasteiger partial charge < -0.3 is 9.80 Å². The third-order valence-electron chi connectivity index (χ3n) is 6.59. The quantitative estimate of drug-likeness (QED) is 0.644. The monoisotopic (exact) mass is 416 g/mol. The van der Waals surface area contributed by atoms with E-state index in [1.807, 2.05) is 33.7 Å². The third-order valence-corrected chi connectivity index (χ3v) is 6.59. The van der Waals surface area contributed by atoms with Gasteiger partial charge in [-0.1, -0.05) is 36.8 Å². The number of rotatable bonds is 2. The summed E-state index contributed by atoms with van der Waals surface area (Å²) in [5.74, 6) is 0.849. The first-order chi connectivity index (χ1) is 15.1. The maximum atomic E-state index is 13.6. The molecule has 1 atom stereocenters. The summed E-state index contributed by atoms with van der Waals surface area (Å²) in [6.45, 7) is 3.05. The van der Waals surface area contributed by atoms with Crippen molar-refractivity contribution in [1.29, 1.82) is 0 Å². The highest BCUT2D eigenvalue weighted by atomic mass is 16.2. The molecule has 3 aromatic rings. The molecule has 2 aliphatic rings. The number of carbonyl (C=O) groups is 1. The Kier molecular flexibility index (Phi) is 5.32. The van der Waals surface area contributed by atoms with Crippen molar-refractivity contribution >= 4 is 16.8 Å². The number of carbonyl (C=O) groups excluding carboxylic acids is 1. The van der Waals surface area contributed by atoms with Crippen LogP contribution in [-0.4, -0.2) is 51.9 Å². The SMILES string of the molecule is CN1CCN(C(=O)c2ccc3c(=O)n4c(nc3c2)CCCCC4)C(c2ccccc2)C1. The van der Waals surface area contributed by atoms with Gasteiger partial charge >= 0.3 is 0 Å². The molecule has 1 saturated heterocycles. The van der Waals surface area contributed by atoms with Crippen LogP contribution in [0.2, 0.25) is 0 Å². The molecule has 3 heterocycles. The number of fused-ring (bicyclic) bond motifs is 2. The van der Waals surface area contributed by atoms with Crippen LogP contribution < -0.4 is 5.56 Å². The van der Waals surface area contributed by atoms with Crippen LogP contribution in [-0.2, 0) is 13.0 Å². The second-order valence-corrected chi connectivity index (χ2v) is 8.71. The number of hydrogen-bond acceptors (Lipinski definition) is 4. The fourth-order valence-corrected chi connectivity index (χ4v) is 4.84. The van der Waals surface area contributed by atoms with E-state index in [2.05, 4.69) is 24.1 Å². The highest BCUT2D eigenvalue weighted by Crippen LogP contribution is 2.27. The first kappa shape index (κ1) is 19.9. The Morgan fingerprint density at radius 3 is 2.68 bits per heavy atom. The largest absolute Gasteiger partial charge is 0.329 e. The molecule has 1 fully saturated rings. The summed E-state index contributed by atoms with van der Waals surface area (Å²) in [5, 5.41) is 0.597. The van der Waals surface area contributed by atoms with E-state index in [0.717, 1.165) is 56.7 Å². The van der Waals surface area contributed by atoms with Crippen LogP contribution in [0.3, 0.4) is 0 Å². The van der Waals surface area contributed by atoms with Crippen LogP contribution in [0.15, 0.2) is 53.3 Å². The number of nitrogens with zero attached hydrogens (tertiary/aromatic N) is 4. The van der Waals surface area contributed by atoms with Crippen molar-refractivity contribution in [2.24, 2.45) is 0 Å². The fraction of sp³-hybridized carbons (Fsp3) is 0.400. The average molecular weight is 417 g/mol. The summed E-state index contributed by atoms with van der Waals surface area (Å²) >= 11 is 0. The van der Waals surface area contributed by atoms with Gasteiger partial charge in [0.2, 0.25) is 0 Å². The van der Waals surface area contributed by atoms with E-state index in [9.17, 15) is 9.59 Å². The Bertz CT molecular complexity index is 1170. The van der Waals surface area contributed by atoms with Crippen molar-refractivity contribution in [3.8, 4) is 0 Å². The number of amides is 1. The van der Waals surface area contributed by atoms with Crippen LogP contribution in [0, 0.1) is 0 Å². The first-order valence-corrected chi connectivity index (χ1v) is 11.2. The molecule has 6 nitrogen and oxygen atoms in total. The summed E-state index contributed by atoms with van der Waals surface area (Å²) in [6, 6.07) is 15.6. The van der Waals surface area contributed by atoms with Crippen molar-refractivity contribution in [3.63, 3.8) is 0 Å². The zero-order valence-corrected chi connectivity index (χ0v) is 18.0. The molecule has 1 aromatic heterocycles. The molecule has 1 amide bonds. The lowest BCUT2D eigenvalue weighted by atomic mass is 10.0. The fourth-order valence-electron chi connectivity index (χ4n) is 4.84. The molecular formula is C25H28N4O2. The van der Waals surface area contributed by atoms with E-state index in [-0.39, 0.29) is 17.5 Å². The van der Waals surface area contributed by atoms with Gasteiger partial charge in [-0.05, 0) is 43.7 Å². The van der Waals surface area contributed by atoms with Crippen molar-refractivity contribution in [1.82, 2.24) is 19.4 Å². The highest BCUT2D eigenvalue weighted by molar-refractivity contribution is 5.98. The van der Waals surface area contributed by atoms with Gasteiger partial charge in [-0.25, -0.2) is 4.98 Å². The lowest BCUT2D eigenvalue weighted by Gasteiger charge is -2.40. The molecule has 0 spiro atoms. The van der Waals surface area contributed by atoms with Crippen molar-refractivity contribution in [3.05, 3.63) is 75.8 Å². The summed E-state index contributed by atoms with van der Waals surface area (Å²) in [5.41, 5.74) is 2.39. The highest BCUT2D eigenvalue weighted by Gasteiger charge is 2.31. The number of piperazine rings is 1. The van der Waals surface area contributed by atoms with E-state index >= 15 is 0 Å². The predicted octanol–water partition coefficient (Wildman–Crippen LogP) is 3.25. The molecule has 0 bridgehead atoms. The topological polar surface area (TPSA) is 58.4 Å². The third kappa shape index (κ3) is 3.76. The van der Waals surface area contributed by atoms with Crippen LogP contribution in [0.25, 0.3) is 10.9 Å². The molecule has 0 aliphatic carbocycles. The second kappa shape index (κ2) is 8.27. The van der Waals surface area contributed by atoms with Gasteiger partial charge in [0.25, 0.3) is 11.5 Å². The maximum absolute atomic E-state index is 13.6. The van der Waals surface area contributed by atoms with Crippen molar-refractivity contribution in [2.45, 2.75) is 38.3 Å². The molecule has 160 valence electrons. The summed E-state index contributed by atoms with van der Waals surface area (Å²) in [6.07, 6.45) is 4.00. The van der Waals surface area contributed by atoms with Gasteiger partial charge in [-0.2, -0.15) is 0 Å². The molecule has 0 radical (unpaired) electrons. The Morgan fingerprint density at radius 2 is 1.84 bits per heavy atom. The molecule has 2 aromatic carbocycles. The Morgan fingerprint density at radius 1 is 1.00 bits per heavy atom. The van der Waals surface area contributed by atoms with Crippen molar-refractivity contribution < 1.29 is 4.79 Å². The lowest BCUT2D eigenvalue weighted by molar-refractivity contribution is 0.0498. The van der Waals surface area contributed by atoms with E-state index < -0.39 is 0 Å². The smallest absolute Gasteiger partial charge is 0.261 e. The molecule has 6 heteroatoms. The summed E-state index contributed by atoms with van der Waals surface area (Å²) in [4.78, 5) is 35.6. The molecule has 1 unspecified atom stereocenters. The number of aromatic nitrogens is 2. The van der Waals surface area contributed by atoms with Gasteiger partial charge in [-0.3, -0.25) is 14.2 Å². The number of hydrogen-bond donors (Lipinski definition) is 0. The molecule has 2 aliphatic heterocycles. The van der Waals surface area contributed by atoms with E-state index in [4.69, 9.17) is 4.98 Å². The van der Waals surface area contributed by atoms with E-state index in [0.29, 0.717) is 23.0 Å². The van der Waals surface area contributed by atoms with Crippen LogP contribution in [0.1, 0.15) is 47.1 Å². The summed E-state index contributed by atoms with van der Waals surface area (Å²) in [7, 11) is 2.09. The molecular weight excluding hydrogens is 388 g/mol. The number of benzene rings is 2. The van der Waals surface area contributed by atoms with Crippen molar-refractivity contribution in [2.75, 3.05) is 26.7 Å². The average Bonchev–Trinajstić information content (AvgIpc) is 3.05. The normalized spacial score (nSPS) is 19.8. The van der Waals surface area contributed by atoms with Gasteiger partial charge in [-0.15, -0.1) is 0 Å². The molecule has 31 heavy (non-hydrogen) atoms.